The molecule has 0 amide bonds. The van der Waals surface area contributed by atoms with E-state index in [4.69, 9.17) is 0 Å². The highest BCUT2D eigenvalue weighted by Gasteiger charge is 2.47. The first-order valence-corrected chi connectivity index (χ1v) is 28.0. The minimum absolute atomic E-state index is 0.316. The lowest BCUT2D eigenvalue weighted by atomic mass is 9.72. The van der Waals surface area contributed by atoms with E-state index in [1.165, 1.54) is 105 Å². The molecule has 0 N–H and O–H groups in total. The Balaban J connectivity index is 0.841. The summed E-state index contributed by atoms with van der Waals surface area (Å²) in [5, 5.41) is 7.42. The molecule has 4 heteroatoms. The van der Waals surface area contributed by atoms with Gasteiger partial charge in [0.25, 0.3) is 0 Å². The van der Waals surface area contributed by atoms with Crippen molar-refractivity contribution in [2.75, 3.05) is 9.80 Å². The molecule has 0 fully saturated rings. The van der Waals surface area contributed by atoms with Gasteiger partial charge in [-0.15, -0.1) is 0 Å². The van der Waals surface area contributed by atoms with E-state index >= 15 is 0 Å². The van der Waals surface area contributed by atoms with Gasteiger partial charge in [0.1, 0.15) is 0 Å². The molecule has 0 saturated carbocycles. The summed E-state index contributed by atoms with van der Waals surface area (Å²) in [5.41, 5.74) is 24.1. The third-order valence-corrected chi connectivity index (χ3v) is 17.8. The minimum Gasteiger partial charge on any atom is -0.310 e. The van der Waals surface area contributed by atoms with Gasteiger partial charge in [-0.1, -0.05) is 179 Å². The molecular weight excluding hydrogens is 969 g/mol. The molecule has 2 aliphatic carbocycles. The van der Waals surface area contributed by atoms with Crippen molar-refractivity contribution in [1.29, 1.82) is 0 Å². The maximum Gasteiger partial charge on any atom is 0.0543 e. The summed E-state index contributed by atoms with van der Waals surface area (Å²) >= 11 is 0. The summed E-state index contributed by atoms with van der Waals surface area (Å²) in [6, 6.07) is 98.7. The van der Waals surface area contributed by atoms with Gasteiger partial charge < -0.3 is 18.9 Å². The van der Waals surface area contributed by atoms with Gasteiger partial charge in [0.05, 0.1) is 27.8 Å². The Hall–Kier alpha value is -9.90. The predicted molar refractivity (Wildman–Crippen MR) is 337 cm³/mol. The van der Waals surface area contributed by atoms with E-state index in [2.05, 4.69) is 314 Å². The van der Waals surface area contributed by atoms with Crippen LogP contribution in [0, 0.1) is 0 Å². The quantitative estimate of drug-likeness (QED) is 0.151. The number of hydrogen-bond donors (Lipinski definition) is 0. The zero-order chi connectivity index (χ0) is 53.4. The lowest BCUT2D eigenvalue weighted by Crippen LogP contribution is -2.24. The molecule has 2 aromatic heterocycles. The van der Waals surface area contributed by atoms with Gasteiger partial charge in [-0.25, -0.2) is 0 Å². The van der Waals surface area contributed by atoms with Crippen LogP contribution in [0.25, 0.3) is 88.0 Å². The van der Waals surface area contributed by atoms with Crippen LogP contribution in [0.3, 0.4) is 0 Å². The van der Waals surface area contributed by atoms with Crippen LogP contribution in [0.5, 0.6) is 0 Å². The Kier molecular flexibility index (Phi) is 9.99. The zero-order valence-electron chi connectivity index (χ0n) is 45.2. The van der Waals surface area contributed by atoms with E-state index in [1.54, 1.807) is 0 Å². The van der Waals surface area contributed by atoms with E-state index in [9.17, 15) is 0 Å². The lowest BCUT2D eigenvalue weighted by molar-refractivity contribution is 0.601. The maximum absolute atomic E-state index is 2.54. The highest BCUT2D eigenvalue weighted by Crippen LogP contribution is 2.62. The molecule has 4 nitrogen and oxygen atoms in total. The normalized spacial score (nSPS) is 13.7. The van der Waals surface area contributed by atoms with Gasteiger partial charge in [0.15, 0.2) is 0 Å². The van der Waals surface area contributed by atoms with Crippen LogP contribution in [0.2, 0.25) is 0 Å². The zero-order valence-corrected chi connectivity index (χ0v) is 45.2. The first-order valence-electron chi connectivity index (χ1n) is 28.0. The van der Waals surface area contributed by atoms with Crippen molar-refractivity contribution in [2.24, 2.45) is 0 Å². The summed E-state index contributed by atoms with van der Waals surface area (Å²) in [6.45, 7) is 9.87. The highest BCUT2D eigenvalue weighted by molar-refractivity contribution is 6.14. The number of anilines is 6. The minimum atomic E-state index is -0.337. The number of fused-ring (bicyclic) bond motifs is 15. The fourth-order valence-corrected chi connectivity index (χ4v) is 14.3. The Morgan fingerprint density at radius 2 is 0.675 bits per heavy atom. The molecular formula is C76H56N4. The fraction of sp³-hybridized carbons (Fsp3) is 0.0789. The summed E-state index contributed by atoms with van der Waals surface area (Å²) < 4.78 is 4.79. The van der Waals surface area contributed by atoms with Crippen molar-refractivity contribution in [1.82, 2.24) is 9.13 Å². The van der Waals surface area contributed by atoms with Crippen LogP contribution in [0.4, 0.5) is 34.1 Å². The monoisotopic (exact) mass is 1020 g/mol. The third-order valence-electron chi connectivity index (χ3n) is 17.8. The van der Waals surface area contributed by atoms with Crippen molar-refractivity contribution < 1.29 is 0 Å². The van der Waals surface area contributed by atoms with Crippen LogP contribution in [0.15, 0.2) is 267 Å². The average molecular weight is 1030 g/mol. The molecule has 0 saturated heterocycles. The predicted octanol–water partition coefficient (Wildman–Crippen LogP) is 20.6. The molecule has 0 atom stereocenters. The molecule has 0 spiro atoms. The first kappa shape index (κ1) is 46.2. The van der Waals surface area contributed by atoms with Gasteiger partial charge in [0, 0.05) is 77.6 Å². The van der Waals surface area contributed by atoms with Crippen molar-refractivity contribution in [2.45, 2.75) is 38.5 Å². The molecule has 2 aliphatic rings. The second kappa shape index (κ2) is 17.3. The van der Waals surface area contributed by atoms with Gasteiger partial charge >= 0.3 is 0 Å². The number of rotatable bonds is 8. The highest BCUT2D eigenvalue weighted by atomic mass is 15.2. The number of benzene rings is 12. The van der Waals surface area contributed by atoms with Crippen LogP contribution in [-0.4, -0.2) is 9.13 Å². The summed E-state index contributed by atoms with van der Waals surface area (Å²) in [4.78, 5) is 4.95. The topological polar surface area (TPSA) is 16.3 Å². The van der Waals surface area contributed by atoms with Crippen LogP contribution in [-0.2, 0) is 10.8 Å². The smallest absolute Gasteiger partial charge is 0.0543 e. The van der Waals surface area contributed by atoms with E-state index in [1.807, 2.05) is 0 Å². The maximum atomic E-state index is 2.54. The van der Waals surface area contributed by atoms with E-state index in [-0.39, 0.29) is 10.8 Å². The van der Waals surface area contributed by atoms with E-state index in [0.29, 0.717) is 0 Å². The Morgan fingerprint density at radius 1 is 0.275 bits per heavy atom. The molecule has 2 heterocycles. The second-order valence-corrected chi connectivity index (χ2v) is 22.9. The molecule has 0 bridgehead atoms. The van der Waals surface area contributed by atoms with Crippen molar-refractivity contribution in [3.8, 4) is 33.6 Å². The van der Waals surface area contributed by atoms with Crippen LogP contribution in [0.1, 0.15) is 49.9 Å². The largest absolute Gasteiger partial charge is 0.310 e. The Labute approximate surface area is 466 Å². The van der Waals surface area contributed by atoms with Gasteiger partial charge in [-0.05, 0) is 165 Å². The average Bonchev–Trinajstić information content (AvgIpc) is 4.18. The summed E-state index contributed by atoms with van der Waals surface area (Å²) in [7, 11) is 0. The van der Waals surface area contributed by atoms with Crippen LogP contribution < -0.4 is 9.80 Å². The molecule has 80 heavy (non-hydrogen) atoms. The molecule has 380 valence electrons. The third kappa shape index (κ3) is 6.63. The van der Waals surface area contributed by atoms with E-state index in [0.717, 1.165) is 39.8 Å². The van der Waals surface area contributed by atoms with E-state index < -0.39 is 0 Å². The van der Waals surface area contributed by atoms with Crippen molar-refractivity contribution in [3.63, 3.8) is 0 Å². The van der Waals surface area contributed by atoms with Crippen molar-refractivity contribution >= 4 is 88.5 Å². The Bertz CT molecular complexity index is 4810. The molecule has 12 aromatic carbocycles. The number of nitrogens with zero attached hydrogens (tertiary/aromatic N) is 4. The number of para-hydroxylation sites is 6. The van der Waals surface area contributed by atoms with Gasteiger partial charge in [-0.3, -0.25) is 0 Å². The molecule has 14 aromatic rings. The number of hydrogen-bond acceptors (Lipinski definition) is 2. The lowest BCUT2D eigenvalue weighted by Gasteiger charge is -2.32. The second-order valence-electron chi connectivity index (χ2n) is 22.9. The molecule has 0 aliphatic heterocycles. The van der Waals surface area contributed by atoms with Crippen molar-refractivity contribution in [3.05, 3.63) is 289 Å². The first-order chi connectivity index (χ1) is 39.2. The SMILES string of the molecule is CC1(C)c2cc(N(c3ccccc3)c3ccc4c(c3)c3ccccc3n4-c3ccccc3)ccc2-c2ccc3c(c21)C(C)(C)c1cc(N(c2ccccc2)c2ccc4c(c2)c2ccccc2n4-c2ccccc2)c2ccccc2c1-3. The Morgan fingerprint density at radius 3 is 1.25 bits per heavy atom. The van der Waals surface area contributed by atoms with Gasteiger partial charge in [-0.2, -0.15) is 0 Å². The fourth-order valence-electron chi connectivity index (χ4n) is 14.3. The standard InChI is InChI=1S/C76H56N4/c1-75(2)65-47-55(77(49-23-9-5-10-24-49)53-38-43-69-63(45-53)58-32-19-21-35-67(58)79(69)51-27-13-7-14-28-51)37-40-56(65)61-41-42-62-72-60-34-18-17-31-57(60)71(48-66(72)76(3,4)74(62)73(61)75)78(50-25-11-6-12-26-50)54-39-44-70-64(46-54)59-33-20-22-36-68(59)80(70)52-29-15-8-16-30-52/h5-48H,1-4H3. The van der Waals surface area contributed by atoms with Gasteiger partial charge in [0.2, 0.25) is 0 Å². The van der Waals surface area contributed by atoms with Crippen LogP contribution >= 0.6 is 0 Å². The summed E-state index contributed by atoms with van der Waals surface area (Å²) in [6.07, 6.45) is 0. The molecule has 16 rings (SSSR count). The number of aromatic nitrogens is 2. The molecule has 0 radical (unpaired) electrons. The molecule has 0 unspecified atom stereocenters. The summed E-state index contributed by atoms with van der Waals surface area (Å²) in [5.74, 6) is 0.